The molecule has 1 aromatic heterocycles. The molecular formula is C34H32N2O5. The lowest BCUT2D eigenvalue weighted by Crippen LogP contribution is -2.22. The Bertz CT molecular complexity index is 1610. The van der Waals surface area contributed by atoms with E-state index in [1.807, 2.05) is 73.7 Å². The van der Waals surface area contributed by atoms with Gasteiger partial charge < -0.3 is 19.8 Å². The summed E-state index contributed by atoms with van der Waals surface area (Å²) < 4.78 is 9.90. The van der Waals surface area contributed by atoms with Gasteiger partial charge in [0.2, 0.25) is 0 Å². The Morgan fingerprint density at radius 1 is 0.805 bits per heavy atom. The first-order chi connectivity index (χ1) is 20.0. The van der Waals surface area contributed by atoms with Crippen LogP contribution in [0, 0.1) is 0 Å². The van der Waals surface area contributed by atoms with E-state index >= 15 is 0 Å². The summed E-state index contributed by atoms with van der Waals surface area (Å²) in [7, 11) is 1.68. The second-order valence-electron chi connectivity index (χ2n) is 9.24. The molecule has 208 valence electrons. The summed E-state index contributed by atoms with van der Waals surface area (Å²) in [5.41, 5.74) is 6.06. The molecule has 4 aromatic carbocycles. The lowest BCUT2D eigenvalue weighted by molar-refractivity contribution is 0.0472. The normalized spacial score (nSPS) is 10.4. The van der Waals surface area contributed by atoms with Crippen LogP contribution in [-0.4, -0.2) is 36.9 Å². The van der Waals surface area contributed by atoms with Crippen molar-refractivity contribution in [3.63, 3.8) is 0 Å². The summed E-state index contributed by atoms with van der Waals surface area (Å²) in [6, 6.07) is 31.6. The summed E-state index contributed by atoms with van der Waals surface area (Å²) in [6.45, 7) is 3.32. The summed E-state index contributed by atoms with van der Waals surface area (Å²) in [4.78, 5) is 39.2. The third kappa shape index (κ3) is 8.00. The number of hydrogen-bond donors (Lipinski definition) is 2. The Balaban J connectivity index is 0.000000909. The number of carbonyl (C=O) groups is 3. The van der Waals surface area contributed by atoms with Gasteiger partial charge in [0.25, 0.3) is 5.91 Å². The highest BCUT2D eigenvalue weighted by molar-refractivity contribution is 5.96. The molecule has 0 bridgehead atoms. The number of methoxy groups -OCH3 is 1. The van der Waals surface area contributed by atoms with Crippen molar-refractivity contribution in [2.24, 2.45) is 0 Å². The Hall–Kier alpha value is -5.01. The smallest absolute Gasteiger partial charge is 0.338 e. The van der Waals surface area contributed by atoms with Crippen LogP contribution in [0.4, 0.5) is 0 Å². The topological polar surface area (TPSA) is 97.5 Å². The standard InChI is InChI=1S/C31H24N2O4.C3H8O/c34-19-28-17-27-16-25(13-14-29(27)33-28)24-7-4-8-26(15-24)30(35)32-18-21-9-11-23(12-10-21)31(36)37-20-22-5-2-1-3-6-22;1-3-4-2/h1-17,19,33H,18,20H2,(H,32,35);3H2,1-2H3. The van der Waals surface area contributed by atoms with Gasteiger partial charge in [0.05, 0.1) is 11.3 Å². The van der Waals surface area contributed by atoms with Crippen molar-refractivity contribution < 1.29 is 23.9 Å². The maximum Gasteiger partial charge on any atom is 0.338 e. The molecule has 0 spiro atoms. The monoisotopic (exact) mass is 548 g/mol. The van der Waals surface area contributed by atoms with Crippen LogP contribution in [0.1, 0.15) is 49.3 Å². The van der Waals surface area contributed by atoms with Crippen LogP contribution < -0.4 is 5.32 Å². The molecule has 41 heavy (non-hydrogen) atoms. The molecule has 0 unspecified atom stereocenters. The largest absolute Gasteiger partial charge is 0.457 e. The Morgan fingerprint density at radius 2 is 1.54 bits per heavy atom. The second kappa shape index (κ2) is 14.4. The van der Waals surface area contributed by atoms with E-state index < -0.39 is 5.97 Å². The number of hydrogen-bond acceptors (Lipinski definition) is 5. The van der Waals surface area contributed by atoms with Crippen molar-refractivity contribution in [2.75, 3.05) is 13.7 Å². The number of H-pyrrole nitrogens is 1. The SMILES string of the molecule is CCOC.O=Cc1cc2cc(-c3cccc(C(=O)NCc4ccc(C(=O)OCc5ccccc5)cc4)c3)ccc2[nH]1. The minimum Gasteiger partial charge on any atom is -0.457 e. The molecule has 2 N–H and O–H groups in total. The number of carbonyl (C=O) groups excluding carboxylic acids is 3. The van der Waals surface area contributed by atoms with Gasteiger partial charge in [-0.3, -0.25) is 9.59 Å². The van der Waals surface area contributed by atoms with Gasteiger partial charge in [-0.15, -0.1) is 0 Å². The number of rotatable bonds is 9. The molecule has 5 aromatic rings. The van der Waals surface area contributed by atoms with Crippen LogP contribution in [0.2, 0.25) is 0 Å². The van der Waals surface area contributed by atoms with E-state index in [0.717, 1.165) is 46.0 Å². The molecule has 7 nitrogen and oxygen atoms in total. The van der Waals surface area contributed by atoms with E-state index in [4.69, 9.17) is 4.74 Å². The number of fused-ring (bicyclic) bond motifs is 1. The van der Waals surface area contributed by atoms with Crippen molar-refractivity contribution in [1.29, 1.82) is 0 Å². The molecule has 0 aliphatic rings. The van der Waals surface area contributed by atoms with Crippen molar-refractivity contribution in [2.45, 2.75) is 20.1 Å². The maximum atomic E-state index is 12.8. The van der Waals surface area contributed by atoms with Crippen LogP contribution in [0.5, 0.6) is 0 Å². The van der Waals surface area contributed by atoms with Gasteiger partial charge in [-0.1, -0.05) is 60.7 Å². The quantitative estimate of drug-likeness (QED) is 0.160. The third-order valence-corrected chi connectivity index (χ3v) is 6.37. The van der Waals surface area contributed by atoms with Gasteiger partial charge in [-0.05, 0) is 71.6 Å². The predicted octanol–water partition coefficient (Wildman–Crippen LogP) is 6.59. The average molecular weight is 549 g/mol. The average Bonchev–Trinajstić information content (AvgIpc) is 3.46. The second-order valence-corrected chi connectivity index (χ2v) is 9.24. The third-order valence-electron chi connectivity index (χ3n) is 6.37. The van der Waals surface area contributed by atoms with E-state index in [0.29, 0.717) is 23.4 Å². The van der Waals surface area contributed by atoms with E-state index in [1.165, 1.54) is 0 Å². The Morgan fingerprint density at radius 3 is 2.24 bits per heavy atom. The first kappa shape index (κ1) is 29.0. The van der Waals surface area contributed by atoms with Crippen LogP contribution in [0.15, 0.2) is 103 Å². The molecule has 5 rings (SSSR count). The van der Waals surface area contributed by atoms with Crippen LogP contribution >= 0.6 is 0 Å². The molecule has 0 saturated carbocycles. The maximum absolute atomic E-state index is 12.8. The van der Waals surface area contributed by atoms with Crippen molar-refractivity contribution >= 4 is 29.1 Å². The predicted molar refractivity (Wildman–Crippen MR) is 160 cm³/mol. The summed E-state index contributed by atoms with van der Waals surface area (Å²) in [5.74, 6) is -0.587. The van der Waals surface area contributed by atoms with Crippen LogP contribution in [0.3, 0.4) is 0 Å². The van der Waals surface area contributed by atoms with Gasteiger partial charge >= 0.3 is 5.97 Å². The van der Waals surface area contributed by atoms with Gasteiger partial charge in [-0.2, -0.15) is 0 Å². The number of esters is 1. The number of aldehydes is 1. The lowest BCUT2D eigenvalue weighted by atomic mass is 10.0. The van der Waals surface area contributed by atoms with Crippen molar-refractivity contribution in [3.8, 4) is 11.1 Å². The van der Waals surface area contributed by atoms with Gasteiger partial charge in [-0.25, -0.2) is 4.79 Å². The number of amides is 1. The Kier molecular flexibility index (Phi) is 10.2. The van der Waals surface area contributed by atoms with Gasteiger partial charge in [0.1, 0.15) is 6.61 Å². The highest BCUT2D eigenvalue weighted by Gasteiger charge is 2.10. The van der Waals surface area contributed by atoms with Crippen LogP contribution in [-0.2, 0) is 22.6 Å². The lowest BCUT2D eigenvalue weighted by Gasteiger charge is -2.09. The molecule has 7 heteroatoms. The van der Waals surface area contributed by atoms with Crippen LogP contribution in [0.25, 0.3) is 22.0 Å². The number of aromatic nitrogens is 1. The zero-order valence-electron chi connectivity index (χ0n) is 23.1. The highest BCUT2D eigenvalue weighted by Crippen LogP contribution is 2.25. The zero-order chi connectivity index (χ0) is 29.0. The molecule has 0 radical (unpaired) electrons. The molecule has 0 fully saturated rings. The fourth-order valence-corrected chi connectivity index (χ4v) is 4.09. The molecule has 0 saturated heterocycles. The summed E-state index contributed by atoms with van der Waals surface area (Å²) in [6.07, 6.45) is 0.788. The van der Waals surface area contributed by atoms with Gasteiger partial charge in [0, 0.05) is 36.7 Å². The van der Waals surface area contributed by atoms with E-state index in [-0.39, 0.29) is 12.5 Å². The number of nitrogens with one attached hydrogen (secondary N) is 2. The minimum atomic E-state index is -0.392. The Labute approximate surface area is 239 Å². The van der Waals surface area contributed by atoms with E-state index in [1.54, 1.807) is 43.5 Å². The minimum absolute atomic E-state index is 0.195. The molecule has 1 heterocycles. The van der Waals surface area contributed by atoms with E-state index in [2.05, 4.69) is 15.0 Å². The number of benzene rings is 4. The molecule has 1 amide bonds. The summed E-state index contributed by atoms with van der Waals surface area (Å²) >= 11 is 0. The van der Waals surface area contributed by atoms with Crippen molar-refractivity contribution in [3.05, 3.63) is 131 Å². The highest BCUT2D eigenvalue weighted by atomic mass is 16.5. The first-order valence-corrected chi connectivity index (χ1v) is 13.3. The molecule has 0 atom stereocenters. The fourth-order valence-electron chi connectivity index (χ4n) is 4.09. The zero-order valence-corrected chi connectivity index (χ0v) is 23.1. The molecule has 0 aliphatic heterocycles. The molecule has 0 aliphatic carbocycles. The molecular weight excluding hydrogens is 516 g/mol. The number of aromatic amines is 1. The summed E-state index contributed by atoms with van der Waals surface area (Å²) in [5, 5.41) is 3.86. The van der Waals surface area contributed by atoms with Gasteiger partial charge in [0.15, 0.2) is 6.29 Å². The fraction of sp³-hybridized carbons (Fsp3) is 0.147. The van der Waals surface area contributed by atoms with E-state index in [9.17, 15) is 14.4 Å². The first-order valence-electron chi connectivity index (χ1n) is 13.3. The number of ether oxygens (including phenoxy) is 2. The van der Waals surface area contributed by atoms with Crippen molar-refractivity contribution in [1.82, 2.24) is 10.3 Å².